The molecule has 1 atom stereocenters. The Morgan fingerprint density at radius 2 is 2.00 bits per heavy atom. The summed E-state index contributed by atoms with van der Waals surface area (Å²) >= 11 is 1.35. The number of morpholine rings is 1. The van der Waals surface area contributed by atoms with Crippen LogP contribution >= 0.6 is 11.3 Å². The largest absolute Gasteiger partial charge is 0.379 e. The molecule has 0 bridgehead atoms. The molecule has 2 N–H and O–H groups in total. The lowest BCUT2D eigenvalue weighted by Gasteiger charge is -2.34. The van der Waals surface area contributed by atoms with Crippen LogP contribution in [0, 0.1) is 5.82 Å². The van der Waals surface area contributed by atoms with Crippen LogP contribution in [0.2, 0.25) is 0 Å². The quantitative estimate of drug-likeness (QED) is 0.742. The Labute approximate surface area is 167 Å². The van der Waals surface area contributed by atoms with Crippen molar-refractivity contribution in [3.05, 3.63) is 57.5 Å². The number of hydrogen-bond donors (Lipinski definition) is 2. The highest BCUT2D eigenvalue weighted by Crippen LogP contribution is 2.23. The first-order valence-corrected chi connectivity index (χ1v) is 10.0. The molecular weight excluding hydrogens is 381 g/mol. The number of nitrogens with one attached hydrogen (secondary N) is 2. The number of carbonyl (C=O) groups excluding carboxylic acids is 2. The van der Waals surface area contributed by atoms with Gasteiger partial charge in [-0.25, -0.2) is 4.39 Å². The van der Waals surface area contributed by atoms with Crippen LogP contribution in [0.15, 0.2) is 36.4 Å². The molecule has 1 unspecified atom stereocenters. The fourth-order valence-corrected chi connectivity index (χ4v) is 4.01. The number of amides is 2. The Morgan fingerprint density at radius 3 is 2.71 bits per heavy atom. The summed E-state index contributed by atoms with van der Waals surface area (Å²) in [6, 6.07) is 9.97. The molecule has 1 saturated heterocycles. The molecule has 150 valence electrons. The number of thiophene rings is 1. The van der Waals surface area contributed by atoms with E-state index in [9.17, 15) is 14.0 Å². The van der Waals surface area contributed by atoms with Gasteiger partial charge in [0.05, 0.1) is 30.7 Å². The Bertz CT molecular complexity index is 821. The summed E-state index contributed by atoms with van der Waals surface area (Å²) in [6.07, 6.45) is 0. The van der Waals surface area contributed by atoms with Gasteiger partial charge in [-0.05, 0) is 29.8 Å². The maximum absolute atomic E-state index is 13.7. The number of hydrogen-bond acceptors (Lipinski definition) is 5. The minimum Gasteiger partial charge on any atom is -0.379 e. The molecule has 1 aliphatic heterocycles. The zero-order chi connectivity index (χ0) is 19.9. The normalized spacial score (nSPS) is 15.8. The van der Waals surface area contributed by atoms with E-state index in [-0.39, 0.29) is 23.7 Å². The average Bonchev–Trinajstić information content (AvgIpc) is 3.16. The Balaban J connectivity index is 1.65. The monoisotopic (exact) mass is 405 g/mol. The van der Waals surface area contributed by atoms with Gasteiger partial charge >= 0.3 is 0 Å². The van der Waals surface area contributed by atoms with E-state index in [2.05, 4.69) is 15.5 Å². The number of carbonyl (C=O) groups is 2. The highest BCUT2D eigenvalue weighted by atomic mass is 32.1. The van der Waals surface area contributed by atoms with Crippen molar-refractivity contribution >= 4 is 23.2 Å². The van der Waals surface area contributed by atoms with Crippen molar-refractivity contribution < 1.29 is 18.7 Å². The first kappa shape index (κ1) is 20.4. The van der Waals surface area contributed by atoms with Crippen LogP contribution in [0.25, 0.3) is 0 Å². The van der Waals surface area contributed by atoms with Crippen LogP contribution in [0.5, 0.6) is 0 Å². The van der Waals surface area contributed by atoms with Gasteiger partial charge < -0.3 is 15.4 Å². The number of benzene rings is 1. The zero-order valence-electron chi connectivity index (χ0n) is 15.7. The summed E-state index contributed by atoms with van der Waals surface area (Å²) in [6.45, 7) is 4.95. The molecule has 8 heteroatoms. The molecule has 0 spiro atoms. The predicted molar refractivity (Wildman–Crippen MR) is 106 cm³/mol. The van der Waals surface area contributed by atoms with Gasteiger partial charge in [0.1, 0.15) is 5.82 Å². The lowest BCUT2D eigenvalue weighted by Crippen LogP contribution is -2.43. The third-order valence-electron chi connectivity index (χ3n) is 4.57. The van der Waals surface area contributed by atoms with Gasteiger partial charge in [-0.1, -0.05) is 12.1 Å². The van der Waals surface area contributed by atoms with Crippen LogP contribution < -0.4 is 10.6 Å². The molecule has 3 rings (SSSR count). The topological polar surface area (TPSA) is 70.7 Å². The standard InChI is InChI=1S/C20H24FN3O3S/c1-14(25)22-12-17-5-6-19(28-17)20(26)23-13-18(24-7-9-27-10-8-24)15-3-2-4-16(21)11-15/h2-6,11,18H,7-10,12-13H2,1H3,(H,22,25)(H,23,26). The summed E-state index contributed by atoms with van der Waals surface area (Å²) < 4.78 is 19.1. The second kappa shape index (κ2) is 9.77. The summed E-state index contributed by atoms with van der Waals surface area (Å²) in [5.74, 6) is -0.570. The predicted octanol–water partition coefficient (Wildman–Crippen LogP) is 2.33. The SMILES string of the molecule is CC(=O)NCc1ccc(C(=O)NCC(c2cccc(F)c2)N2CCOCC2)s1. The van der Waals surface area contributed by atoms with E-state index in [0.717, 1.165) is 23.5 Å². The molecule has 2 aromatic rings. The van der Waals surface area contributed by atoms with Crippen LogP contribution in [0.3, 0.4) is 0 Å². The Morgan fingerprint density at radius 1 is 1.21 bits per heavy atom. The molecule has 2 heterocycles. The van der Waals surface area contributed by atoms with Gasteiger partial charge in [-0.3, -0.25) is 14.5 Å². The smallest absolute Gasteiger partial charge is 0.261 e. The Kier molecular flexibility index (Phi) is 7.13. The average molecular weight is 405 g/mol. The lowest BCUT2D eigenvalue weighted by molar-refractivity contribution is -0.119. The van der Waals surface area contributed by atoms with Gasteiger partial charge in [0.2, 0.25) is 5.91 Å². The second-order valence-corrected chi connectivity index (χ2v) is 7.77. The summed E-state index contributed by atoms with van der Waals surface area (Å²) in [5.41, 5.74) is 0.833. The number of halogens is 1. The van der Waals surface area contributed by atoms with E-state index in [0.29, 0.717) is 31.2 Å². The third-order valence-corrected chi connectivity index (χ3v) is 5.66. The Hall–Kier alpha value is -2.29. The summed E-state index contributed by atoms with van der Waals surface area (Å²) in [4.78, 5) is 27.3. The molecule has 28 heavy (non-hydrogen) atoms. The van der Waals surface area contributed by atoms with Crippen LogP contribution in [-0.2, 0) is 16.1 Å². The zero-order valence-corrected chi connectivity index (χ0v) is 16.6. The number of nitrogens with zero attached hydrogens (tertiary/aromatic N) is 1. The van der Waals surface area contributed by atoms with Gasteiger partial charge in [-0.2, -0.15) is 0 Å². The fraction of sp³-hybridized carbons (Fsp3) is 0.400. The first-order chi connectivity index (χ1) is 13.5. The van der Waals surface area contributed by atoms with E-state index < -0.39 is 0 Å². The van der Waals surface area contributed by atoms with E-state index in [1.165, 1.54) is 30.4 Å². The van der Waals surface area contributed by atoms with Crippen molar-refractivity contribution in [3.8, 4) is 0 Å². The molecule has 6 nitrogen and oxygen atoms in total. The molecule has 2 amide bonds. The maximum Gasteiger partial charge on any atom is 0.261 e. The maximum atomic E-state index is 13.7. The second-order valence-electron chi connectivity index (χ2n) is 6.60. The van der Waals surface area contributed by atoms with Crippen molar-refractivity contribution in [1.29, 1.82) is 0 Å². The minimum absolute atomic E-state index is 0.108. The van der Waals surface area contributed by atoms with Crippen LogP contribution in [0.4, 0.5) is 4.39 Å². The third kappa shape index (κ3) is 5.60. The van der Waals surface area contributed by atoms with Crippen molar-refractivity contribution in [2.75, 3.05) is 32.8 Å². The van der Waals surface area contributed by atoms with E-state index in [1.54, 1.807) is 12.1 Å². The molecule has 0 saturated carbocycles. The van der Waals surface area contributed by atoms with Gasteiger partial charge in [0.15, 0.2) is 0 Å². The van der Waals surface area contributed by atoms with Gasteiger partial charge in [0, 0.05) is 31.4 Å². The van der Waals surface area contributed by atoms with Crippen molar-refractivity contribution in [2.45, 2.75) is 19.5 Å². The lowest BCUT2D eigenvalue weighted by atomic mass is 10.0. The van der Waals surface area contributed by atoms with Crippen LogP contribution in [-0.4, -0.2) is 49.6 Å². The fourth-order valence-electron chi connectivity index (χ4n) is 3.14. The van der Waals surface area contributed by atoms with Gasteiger partial charge in [0.25, 0.3) is 5.91 Å². The van der Waals surface area contributed by atoms with Crippen molar-refractivity contribution in [1.82, 2.24) is 15.5 Å². The molecular formula is C20H24FN3O3S. The van der Waals surface area contributed by atoms with Crippen molar-refractivity contribution in [3.63, 3.8) is 0 Å². The molecule has 1 aliphatic rings. The highest BCUT2D eigenvalue weighted by Gasteiger charge is 2.24. The molecule has 1 aromatic carbocycles. The molecule has 0 aliphatic carbocycles. The molecule has 0 radical (unpaired) electrons. The summed E-state index contributed by atoms with van der Waals surface area (Å²) in [5, 5.41) is 5.69. The van der Waals surface area contributed by atoms with Crippen molar-refractivity contribution in [2.24, 2.45) is 0 Å². The first-order valence-electron chi connectivity index (χ1n) is 9.21. The summed E-state index contributed by atoms with van der Waals surface area (Å²) in [7, 11) is 0. The van der Waals surface area contributed by atoms with E-state index in [1.807, 2.05) is 12.1 Å². The van der Waals surface area contributed by atoms with Crippen LogP contribution in [0.1, 0.15) is 33.1 Å². The minimum atomic E-state index is -0.289. The number of ether oxygens (including phenoxy) is 1. The number of rotatable bonds is 7. The van der Waals surface area contributed by atoms with E-state index >= 15 is 0 Å². The molecule has 1 fully saturated rings. The molecule has 1 aromatic heterocycles. The van der Waals surface area contributed by atoms with E-state index in [4.69, 9.17) is 4.74 Å². The highest BCUT2D eigenvalue weighted by molar-refractivity contribution is 7.14. The van der Waals surface area contributed by atoms with Gasteiger partial charge in [-0.15, -0.1) is 11.3 Å².